The first-order valence-corrected chi connectivity index (χ1v) is 6.80. The number of hydrogen-bond donors (Lipinski definition) is 0. The molecule has 7 nitrogen and oxygen atoms in total. The van der Waals surface area contributed by atoms with Crippen molar-refractivity contribution in [2.75, 3.05) is 20.3 Å². The van der Waals surface area contributed by atoms with E-state index in [0.29, 0.717) is 0 Å². The van der Waals surface area contributed by atoms with E-state index in [2.05, 4.69) is 0 Å². The number of nitro benzene ring substituents is 1. The van der Waals surface area contributed by atoms with Crippen molar-refractivity contribution in [1.29, 1.82) is 0 Å². The number of rotatable bonds is 7. The summed E-state index contributed by atoms with van der Waals surface area (Å²) in [4.78, 5) is 22.4. The minimum atomic E-state index is -0.640. The minimum Gasteiger partial charge on any atom is -0.496 e. The molecule has 0 saturated carbocycles. The maximum Gasteiger partial charge on any atom is 0.325 e. The number of nitro groups is 1. The maximum atomic E-state index is 11.7. The van der Waals surface area contributed by atoms with Gasteiger partial charge in [0.15, 0.2) is 11.5 Å². The molecule has 0 aromatic heterocycles. The molecule has 0 amide bonds. The Bertz CT molecular complexity index is 562. The van der Waals surface area contributed by atoms with Gasteiger partial charge in [0.25, 0.3) is 0 Å². The third-order valence-electron chi connectivity index (χ3n) is 2.73. The van der Waals surface area contributed by atoms with Crippen molar-refractivity contribution in [3.05, 3.63) is 27.8 Å². The first-order chi connectivity index (χ1) is 10.2. The highest BCUT2D eigenvalue weighted by atomic mass is 16.6. The fraction of sp³-hybridized carbons (Fsp3) is 0.533. The van der Waals surface area contributed by atoms with E-state index in [-0.39, 0.29) is 41.6 Å². The number of ketones is 1. The quantitative estimate of drug-likeness (QED) is 0.333. The van der Waals surface area contributed by atoms with Gasteiger partial charge >= 0.3 is 5.69 Å². The summed E-state index contributed by atoms with van der Waals surface area (Å²) in [6, 6.07) is 2.89. The normalized spacial score (nSPS) is 11.1. The molecule has 1 rings (SSSR count). The monoisotopic (exact) mass is 311 g/mol. The molecule has 0 N–H and O–H groups in total. The molecule has 0 aliphatic carbocycles. The molecule has 0 aliphatic rings. The minimum absolute atomic E-state index is 0.0218. The van der Waals surface area contributed by atoms with Gasteiger partial charge in [0, 0.05) is 0 Å². The lowest BCUT2D eigenvalue weighted by Gasteiger charge is -2.19. The Kier molecular flexibility index (Phi) is 5.87. The van der Waals surface area contributed by atoms with Gasteiger partial charge in [-0.05, 0) is 39.8 Å². The van der Waals surface area contributed by atoms with E-state index in [1.165, 1.54) is 26.2 Å². The standard InChI is InChI=1S/C15H21NO6/c1-10(17)13-11(20-5)6-7-12(14(13)16(18)19)21-8-9-22-15(2,3)4/h6-7H,8-9H2,1-5H3. The molecule has 1 aromatic carbocycles. The molecule has 122 valence electrons. The summed E-state index contributed by atoms with van der Waals surface area (Å²) in [6.07, 6.45) is 0. The van der Waals surface area contributed by atoms with Crippen molar-refractivity contribution in [1.82, 2.24) is 0 Å². The van der Waals surface area contributed by atoms with Crippen molar-refractivity contribution >= 4 is 11.5 Å². The van der Waals surface area contributed by atoms with Crippen LogP contribution in [0.1, 0.15) is 38.1 Å². The second-order valence-electron chi connectivity index (χ2n) is 5.61. The number of nitrogens with zero attached hydrogens (tertiary/aromatic N) is 1. The van der Waals surface area contributed by atoms with Crippen molar-refractivity contribution in [2.24, 2.45) is 0 Å². The third kappa shape index (κ3) is 4.70. The molecule has 0 aliphatic heterocycles. The third-order valence-corrected chi connectivity index (χ3v) is 2.73. The maximum absolute atomic E-state index is 11.7. The van der Waals surface area contributed by atoms with Crippen LogP contribution in [-0.4, -0.2) is 36.6 Å². The summed E-state index contributed by atoms with van der Waals surface area (Å²) in [5, 5.41) is 11.3. The van der Waals surface area contributed by atoms with Gasteiger partial charge in [-0.25, -0.2) is 0 Å². The van der Waals surface area contributed by atoms with Crippen LogP contribution in [0.5, 0.6) is 11.5 Å². The highest BCUT2D eigenvalue weighted by Gasteiger charge is 2.28. The topological polar surface area (TPSA) is 87.9 Å². The lowest BCUT2D eigenvalue weighted by atomic mass is 10.1. The Labute approximate surface area is 129 Å². The van der Waals surface area contributed by atoms with E-state index in [0.717, 1.165) is 0 Å². The second-order valence-corrected chi connectivity index (χ2v) is 5.61. The highest BCUT2D eigenvalue weighted by molar-refractivity contribution is 6.02. The van der Waals surface area contributed by atoms with E-state index in [4.69, 9.17) is 14.2 Å². The Hall–Kier alpha value is -2.15. The van der Waals surface area contributed by atoms with Gasteiger partial charge in [0.1, 0.15) is 17.9 Å². The van der Waals surface area contributed by atoms with Crippen molar-refractivity contribution < 1.29 is 23.9 Å². The molecule has 7 heteroatoms. The van der Waals surface area contributed by atoms with E-state index >= 15 is 0 Å². The first-order valence-electron chi connectivity index (χ1n) is 6.80. The smallest absolute Gasteiger partial charge is 0.325 e. The number of carbonyl (C=O) groups is 1. The lowest BCUT2D eigenvalue weighted by Crippen LogP contribution is -2.22. The zero-order chi connectivity index (χ0) is 16.9. The van der Waals surface area contributed by atoms with E-state index < -0.39 is 10.7 Å². The van der Waals surface area contributed by atoms with E-state index in [9.17, 15) is 14.9 Å². The number of ether oxygens (including phenoxy) is 3. The molecular weight excluding hydrogens is 290 g/mol. The molecule has 0 atom stereocenters. The summed E-state index contributed by atoms with van der Waals surface area (Å²) < 4.78 is 15.9. The molecule has 0 bridgehead atoms. The summed E-state index contributed by atoms with van der Waals surface area (Å²) in [6.45, 7) is 7.37. The number of Topliss-reactive ketones (excluding diaryl/α,β-unsaturated/α-hetero) is 1. The number of carbonyl (C=O) groups excluding carboxylic acids is 1. The van der Waals surface area contributed by atoms with Gasteiger partial charge in [-0.15, -0.1) is 0 Å². The fourth-order valence-corrected chi connectivity index (χ4v) is 1.86. The molecule has 22 heavy (non-hydrogen) atoms. The Morgan fingerprint density at radius 2 is 1.82 bits per heavy atom. The van der Waals surface area contributed by atoms with Gasteiger partial charge in [-0.1, -0.05) is 0 Å². The van der Waals surface area contributed by atoms with Gasteiger partial charge in [-0.2, -0.15) is 0 Å². The van der Waals surface area contributed by atoms with Crippen LogP contribution in [0.3, 0.4) is 0 Å². The lowest BCUT2D eigenvalue weighted by molar-refractivity contribution is -0.386. The second kappa shape index (κ2) is 7.22. The van der Waals surface area contributed by atoms with Gasteiger partial charge < -0.3 is 14.2 Å². The van der Waals surface area contributed by atoms with Crippen molar-refractivity contribution in [3.63, 3.8) is 0 Å². The van der Waals surface area contributed by atoms with Crippen LogP contribution in [0.4, 0.5) is 5.69 Å². The zero-order valence-electron chi connectivity index (χ0n) is 13.5. The Morgan fingerprint density at radius 3 is 2.27 bits per heavy atom. The summed E-state index contributed by atoms with van der Waals surface area (Å²) in [7, 11) is 1.35. The van der Waals surface area contributed by atoms with Gasteiger partial charge in [-0.3, -0.25) is 14.9 Å². The summed E-state index contributed by atoms with van der Waals surface area (Å²) in [5.41, 5.74) is -0.802. The molecule has 0 heterocycles. The first kappa shape index (κ1) is 17.9. The molecule has 0 fully saturated rings. The van der Waals surface area contributed by atoms with Crippen LogP contribution >= 0.6 is 0 Å². The predicted octanol–water partition coefficient (Wildman–Crippen LogP) is 3.00. The van der Waals surface area contributed by atoms with Gasteiger partial charge in [0.05, 0.1) is 24.2 Å². The average Bonchev–Trinajstić information content (AvgIpc) is 2.41. The highest BCUT2D eigenvalue weighted by Crippen LogP contribution is 2.37. The van der Waals surface area contributed by atoms with E-state index in [1.807, 2.05) is 20.8 Å². The molecule has 0 radical (unpaired) electrons. The molecule has 1 aromatic rings. The fourth-order valence-electron chi connectivity index (χ4n) is 1.86. The molecule has 0 spiro atoms. The molecule has 0 saturated heterocycles. The van der Waals surface area contributed by atoms with Crippen LogP contribution in [0.25, 0.3) is 0 Å². The van der Waals surface area contributed by atoms with Crippen LogP contribution in [0.2, 0.25) is 0 Å². The predicted molar refractivity (Wildman–Crippen MR) is 80.9 cm³/mol. The van der Waals surface area contributed by atoms with Gasteiger partial charge in [0.2, 0.25) is 0 Å². The van der Waals surface area contributed by atoms with Crippen LogP contribution in [-0.2, 0) is 4.74 Å². The van der Waals surface area contributed by atoms with Crippen molar-refractivity contribution in [3.8, 4) is 11.5 Å². The average molecular weight is 311 g/mol. The van der Waals surface area contributed by atoms with Crippen LogP contribution < -0.4 is 9.47 Å². The number of benzene rings is 1. The number of methoxy groups -OCH3 is 1. The molecular formula is C15H21NO6. The van der Waals surface area contributed by atoms with Crippen LogP contribution in [0, 0.1) is 10.1 Å². The summed E-state index contributed by atoms with van der Waals surface area (Å²) in [5.74, 6) is -0.286. The Balaban J connectivity index is 3.02. The Morgan fingerprint density at radius 1 is 1.23 bits per heavy atom. The summed E-state index contributed by atoms with van der Waals surface area (Å²) >= 11 is 0. The SMILES string of the molecule is COc1ccc(OCCOC(C)(C)C)c([N+](=O)[O-])c1C(C)=O. The zero-order valence-corrected chi connectivity index (χ0v) is 13.5. The number of hydrogen-bond acceptors (Lipinski definition) is 6. The largest absolute Gasteiger partial charge is 0.496 e. The molecule has 0 unspecified atom stereocenters. The van der Waals surface area contributed by atoms with E-state index in [1.54, 1.807) is 0 Å². The van der Waals surface area contributed by atoms with Crippen molar-refractivity contribution in [2.45, 2.75) is 33.3 Å². The van der Waals surface area contributed by atoms with Crippen LogP contribution in [0.15, 0.2) is 12.1 Å².